The number of nitrogens with zero attached hydrogens (tertiary/aromatic N) is 2. The number of halogens is 1. The zero-order valence-electron chi connectivity index (χ0n) is 10.8. The number of thiocarbonyl (C=S) groups is 1. The van der Waals surface area contributed by atoms with Gasteiger partial charge in [-0.15, -0.1) is 0 Å². The molecule has 0 amide bonds. The lowest BCUT2D eigenvalue weighted by atomic mass is 10.1. The fourth-order valence-electron chi connectivity index (χ4n) is 2.21. The Morgan fingerprint density at radius 2 is 2.15 bits per heavy atom. The normalized spacial score (nSPS) is 14.4. The first kappa shape index (κ1) is 13.1. The van der Waals surface area contributed by atoms with Crippen LogP contribution in [0.2, 0.25) is 0 Å². The Kier molecular flexibility index (Phi) is 3.17. The average Bonchev–Trinajstić information content (AvgIpc) is 3.18. The third kappa shape index (κ3) is 2.38. The van der Waals surface area contributed by atoms with Gasteiger partial charge in [-0.25, -0.2) is 9.18 Å². The fraction of sp³-hybridized carbons (Fsp3) is 0.286. The molecule has 1 aromatic carbocycles. The van der Waals surface area contributed by atoms with Gasteiger partial charge in [0, 0.05) is 29.6 Å². The molecule has 0 atom stereocenters. The van der Waals surface area contributed by atoms with Gasteiger partial charge < -0.3 is 5.73 Å². The summed E-state index contributed by atoms with van der Waals surface area (Å²) in [6.45, 7) is 0.181. The van der Waals surface area contributed by atoms with Crippen LogP contribution >= 0.6 is 12.2 Å². The second-order valence-electron chi connectivity index (χ2n) is 5.02. The van der Waals surface area contributed by atoms with Crippen molar-refractivity contribution >= 4 is 17.2 Å². The molecule has 4 nitrogen and oxygen atoms in total. The molecule has 3 rings (SSSR count). The Bertz CT molecular complexity index is 730. The summed E-state index contributed by atoms with van der Waals surface area (Å²) in [5, 5.41) is 0. The van der Waals surface area contributed by atoms with E-state index < -0.39 is 0 Å². The van der Waals surface area contributed by atoms with E-state index in [0.717, 1.165) is 12.8 Å². The second-order valence-corrected chi connectivity index (χ2v) is 5.46. The number of nitrogens with two attached hydrogens (primary N) is 1. The SMILES string of the molecule is NC(=S)c1ccc(F)c(Cn2ccn(C3CC3)c2=O)c1. The maximum atomic E-state index is 13.8. The minimum absolute atomic E-state index is 0.104. The highest BCUT2D eigenvalue weighted by Gasteiger charge is 2.25. The number of hydrogen-bond acceptors (Lipinski definition) is 2. The predicted octanol–water partition coefficient (Wildman–Crippen LogP) is 1.81. The van der Waals surface area contributed by atoms with Crippen LogP contribution in [0.4, 0.5) is 4.39 Å². The first-order chi connectivity index (χ1) is 9.56. The van der Waals surface area contributed by atoms with Gasteiger partial charge in [-0.3, -0.25) is 9.13 Å². The molecule has 0 saturated heterocycles. The minimum Gasteiger partial charge on any atom is -0.389 e. The molecule has 1 aliphatic carbocycles. The molecule has 0 aliphatic heterocycles. The third-order valence-electron chi connectivity index (χ3n) is 3.48. The van der Waals surface area contributed by atoms with Crippen LogP contribution in [0, 0.1) is 5.82 Å². The van der Waals surface area contributed by atoms with Crippen molar-refractivity contribution in [1.29, 1.82) is 0 Å². The highest BCUT2D eigenvalue weighted by atomic mass is 32.1. The van der Waals surface area contributed by atoms with Crippen molar-refractivity contribution < 1.29 is 4.39 Å². The molecule has 0 spiro atoms. The Balaban J connectivity index is 1.92. The van der Waals surface area contributed by atoms with Crippen molar-refractivity contribution in [3.63, 3.8) is 0 Å². The topological polar surface area (TPSA) is 52.9 Å². The molecule has 1 aliphatic rings. The smallest absolute Gasteiger partial charge is 0.328 e. The van der Waals surface area contributed by atoms with E-state index >= 15 is 0 Å². The van der Waals surface area contributed by atoms with Gasteiger partial charge in [0.15, 0.2) is 0 Å². The monoisotopic (exact) mass is 291 g/mol. The minimum atomic E-state index is -0.365. The van der Waals surface area contributed by atoms with E-state index in [0.29, 0.717) is 17.2 Å². The van der Waals surface area contributed by atoms with E-state index in [4.69, 9.17) is 18.0 Å². The summed E-state index contributed by atoms with van der Waals surface area (Å²) in [4.78, 5) is 12.4. The maximum Gasteiger partial charge on any atom is 0.328 e. The van der Waals surface area contributed by atoms with E-state index in [1.807, 2.05) is 0 Å². The standard InChI is InChI=1S/C14H14FN3OS/c15-12-4-1-9(13(16)20)7-10(12)8-17-5-6-18(14(17)19)11-2-3-11/h1,4-7,11H,2-3,8H2,(H2,16,20). The molecule has 104 valence electrons. The highest BCUT2D eigenvalue weighted by molar-refractivity contribution is 7.80. The van der Waals surface area contributed by atoms with Crippen LogP contribution in [0.5, 0.6) is 0 Å². The highest BCUT2D eigenvalue weighted by Crippen LogP contribution is 2.33. The van der Waals surface area contributed by atoms with E-state index in [1.54, 1.807) is 29.1 Å². The van der Waals surface area contributed by atoms with Crippen LogP contribution in [0.1, 0.15) is 30.0 Å². The molecule has 1 saturated carbocycles. The van der Waals surface area contributed by atoms with E-state index in [-0.39, 0.29) is 23.0 Å². The van der Waals surface area contributed by atoms with E-state index in [2.05, 4.69) is 0 Å². The van der Waals surface area contributed by atoms with Gasteiger partial charge in [-0.05, 0) is 31.0 Å². The lowest BCUT2D eigenvalue weighted by molar-refractivity contribution is 0.589. The molecule has 0 radical (unpaired) electrons. The lowest BCUT2D eigenvalue weighted by Crippen LogP contribution is -2.24. The summed E-state index contributed by atoms with van der Waals surface area (Å²) in [6.07, 6.45) is 5.52. The average molecular weight is 291 g/mol. The van der Waals surface area contributed by atoms with Crippen LogP contribution in [0.25, 0.3) is 0 Å². The summed E-state index contributed by atoms with van der Waals surface area (Å²) >= 11 is 4.88. The number of rotatable bonds is 4. The molecule has 1 heterocycles. The Labute approximate surface area is 120 Å². The lowest BCUT2D eigenvalue weighted by Gasteiger charge is -2.06. The van der Waals surface area contributed by atoms with Gasteiger partial charge in [0.1, 0.15) is 10.8 Å². The molecule has 20 heavy (non-hydrogen) atoms. The fourth-order valence-corrected chi connectivity index (χ4v) is 2.34. The van der Waals surface area contributed by atoms with E-state index in [9.17, 15) is 9.18 Å². The van der Waals surface area contributed by atoms with Crippen LogP contribution in [-0.4, -0.2) is 14.1 Å². The van der Waals surface area contributed by atoms with Crippen molar-refractivity contribution in [2.75, 3.05) is 0 Å². The van der Waals surface area contributed by atoms with Gasteiger partial charge in [0.05, 0.1) is 6.54 Å². The Morgan fingerprint density at radius 1 is 1.40 bits per heavy atom. The molecular weight excluding hydrogens is 277 g/mol. The summed E-state index contributed by atoms with van der Waals surface area (Å²) in [5.74, 6) is -0.365. The van der Waals surface area contributed by atoms with Crippen LogP contribution in [-0.2, 0) is 6.54 Å². The zero-order chi connectivity index (χ0) is 14.3. The van der Waals surface area contributed by atoms with Crippen molar-refractivity contribution in [1.82, 2.24) is 9.13 Å². The number of benzene rings is 1. The molecule has 1 aromatic heterocycles. The quantitative estimate of drug-likeness (QED) is 0.874. The molecule has 6 heteroatoms. The molecule has 0 bridgehead atoms. The maximum absolute atomic E-state index is 13.8. The van der Waals surface area contributed by atoms with Crippen LogP contribution in [0.3, 0.4) is 0 Å². The number of hydrogen-bond donors (Lipinski definition) is 1. The largest absolute Gasteiger partial charge is 0.389 e. The van der Waals surface area contributed by atoms with Gasteiger partial charge in [-0.2, -0.15) is 0 Å². The molecule has 2 aromatic rings. The number of aromatic nitrogens is 2. The van der Waals surface area contributed by atoms with Gasteiger partial charge in [0.2, 0.25) is 0 Å². The van der Waals surface area contributed by atoms with Crippen molar-refractivity contribution in [3.8, 4) is 0 Å². The zero-order valence-corrected chi connectivity index (χ0v) is 11.6. The second kappa shape index (κ2) is 4.86. The molecule has 1 fully saturated rings. The van der Waals surface area contributed by atoms with Crippen LogP contribution < -0.4 is 11.4 Å². The number of imidazole rings is 1. The van der Waals surface area contributed by atoms with Crippen molar-refractivity contribution in [2.24, 2.45) is 5.73 Å². The first-order valence-electron chi connectivity index (χ1n) is 6.42. The molecular formula is C14H14FN3OS. The van der Waals surface area contributed by atoms with E-state index in [1.165, 1.54) is 10.6 Å². The van der Waals surface area contributed by atoms with Gasteiger partial charge in [0.25, 0.3) is 0 Å². The Morgan fingerprint density at radius 3 is 2.80 bits per heavy atom. The van der Waals surface area contributed by atoms with Gasteiger partial charge in [-0.1, -0.05) is 12.2 Å². The Hall–Kier alpha value is -1.95. The summed E-state index contributed by atoms with van der Waals surface area (Å²) < 4.78 is 17.0. The summed E-state index contributed by atoms with van der Waals surface area (Å²) in [7, 11) is 0. The third-order valence-corrected chi connectivity index (χ3v) is 3.72. The van der Waals surface area contributed by atoms with Crippen molar-refractivity contribution in [2.45, 2.75) is 25.4 Å². The van der Waals surface area contributed by atoms with Crippen molar-refractivity contribution in [3.05, 3.63) is 58.0 Å². The first-order valence-corrected chi connectivity index (χ1v) is 6.82. The molecule has 2 N–H and O–H groups in total. The summed E-state index contributed by atoms with van der Waals surface area (Å²) in [5.41, 5.74) is 6.45. The van der Waals surface area contributed by atoms with Gasteiger partial charge >= 0.3 is 5.69 Å². The summed E-state index contributed by atoms with van der Waals surface area (Å²) in [6, 6.07) is 4.78. The van der Waals surface area contributed by atoms with Crippen LogP contribution in [0.15, 0.2) is 35.4 Å². The predicted molar refractivity (Wildman–Crippen MR) is 78.4 cm³/mol. The molecule has 0 unspecified atom stereocenters.